The molecular formula is C13H9BrO2. The van der Waals surface area contributed by atoms with E-state index in [-0.39, 0.29) is 5.56 Å². The van der Waals surface area contributed by atoms with Gasteiger partial charge in [0.15, 0.2) is 0 Å². The standard InChI is InChI=1S/C13H9BrO2/c14-12-7-10(6-11(8-12)13(15)16)9-4-2-1-3-5-9/h1-8H,(H,15,16). The molecule has 0 radical (unpaired) electrons. The van der Waals surface area contributed by atoms with Gasteiger partial charge in [0.25, 0.3) is 0 Å². The molecule has 16 heavy (non-hydrogen) atoms. The molecule has 0 unspecified atom stereocenters. The lowest BCUT2D eigenvalue weighted by Crippen LogP contribution is -1.96. The van der Waals surface area contributed by atoms with Gasteiger partial charge in [0.05, 0.1) is 5.56 Å². The lowest BCUT2D eigenvalue weighted by atomic mass is 10.0. The van der Waals surface area contributed by atoms with E-state index >= 15 is 0 Å². The molecule has 0 saturated heterocycles. The first-order valence-electron chi connectivity index (χ1n) is 4.76. The number of aromatic carboxylic acids is 1. The van der Waals surface area contributed by atoms with Gasteiger partial charge >= 0.3 is 5.97 Å². The van der Waals surface area contributed by atoms with Crippen LogP contribution in [0.2, 0.25) is 0 Å². The van der Waals surface area contributed by atoms with E-state index in [0.717, 1.165) is 15.6 Å². The Morgan fingerprint density at radius 2 is 1.69 bits per heavy atom. The zero-order chi connectivity index (χ0) is 11.5. The van der Waals surface area contributed by atoms with Gasteiger partial charge in [-0.15, -0.1) is 0 Å². The molecule has 0 spiro atoms. The Balaban J connectivity index is 2.54. The Kier molecular flexibility index (Phi) is 3.06. The third-order valence-corrected chi connectivity index (χ3v) is 2.71. The van der Waals surface area contributed by atoms with E-state index in [9.17, 15) is 4.79 Å². The second-order valence-electron chi connectivity index (χ2n) is 3.40. The highest BCUT2D eigenvalue weighted by molar-refractivity contribution is 9.10. The van der Waals surface area contributed by atoms with Crippen molar-refractivity contribution in [3.63, 3.8) is 0 Å². The molecular weight excluding hydrogens is 268 g/mol. The highest BCUT2D eigenvalue weighted by atomic mass is 79.9. The maximum atomic E-state index is 10.9. The molecule has 2 nitrogen and oxygen atoms in total. The Morgan fingerprint density at radius 3 is 2.31 bits per heavy atom. The first-order valence-corrected chi connectivity index (χ1v) is 5.55. The van der Waals surface area contributed by atoms with Crippen LogP contribution < -0.4 is 0 Å². The van der Waals surface area contributed by atoms with Gasteiger partial charge in [0, 0.05) is 4.47 Å². The zero-order valence-electron chi connectivity index (χ0n) is 8.35. The zero-order valence-corrected chi connectivity index (χ0v) is 9.94. The first-order chi connectivity index (χ1) is 7.66. The molecule has 0 amide bonds. The van der Waals surface area contributed by atoms with E-state index in [1.165, 1.54) is 0 Å². The van der Waals surface area contributed by atoms with Gasteiger partial charge in [-0.1, -0.05) is 46.3 Å². The van der Waals surface area contributed by atoms with E-state index < -0.39 is 5.97 Å². The molecule has 0 bridgehead atoms. The number of hydrogen-bond acceptors (Lipinski definition) is 1. The number of carboxylic acids is 1. The largest absolute Gasteiger partial charge is 0.478 e. The van der Waals surface area contributed by atoms with Gasteiger partial charge < -0.3 is 5.11 Å². The van der Waals surface area contributed by atoms with Crippen LogP contribution in [0.1, 0.15) is 10.4 Å². The molecule has 2 aromatic rings. The van der Waals surface area contributed by atoms with E-state index in [2.05, 4.69) is 15.9 Å². The van der Waals surface area contributed by atoms with E-state index in [1.807, 2.05) is 36.4 Å². The summed E-state index contributed by atoms with van der Waals surface area (Å²) in [4.78, 5) is 10.9. The summed E-state index contributed by atoms with van der Waals surface area (Å²) in [5.74, 6) is -0.918. The summed E-state index contributed by atoms with van der Waals surface area (Å²) < 4.78 is 0.770. The molecule has 2 aromatic carbocycles. The summed E-state index contributed by atoms with van der Waals surface area (Å²) in [6, 6.07) is 14.9. The lowest BCUT2D eigenvalue weighted by Gasteiger charge is -2.04. The van der Waals surface area contributed by atoms with Gasteiger partial charge in [-0.2, -0.15) is 0 Å². The van der Waals surface area contributed by atoms with Crippen LogP contribution in [0.25, 0.3) is 11.1 Å². The second kappa shape index (κ2) is 4.49. The molecule has 0 atom stereocenters. The van der Waals surface area contributed by atoms with Gasteiger partial charge in [-0.05, 0) is 29.3 Å². The molecule has 0 aliphatic rings. The first kappa shape index (κ1) is 10.9. The molecule has 0 heterocycles. The number of benzene rings is 2. The van der Waals surface area contributed by atoms with E-state index in [4.69, 9.17) is 5.11 Å². The topological polar surface area (TPSA) is 37.3 Å². The number of carbonyl (C=O) groups is 1. The number of halogens is 1. The summed E-state index contributed by atoms with van der Waals surface area (Å²) in [6.07, 6.45) is 0. The molecule has 0 saturated carbocycles. The van der Waals surface area contributed by atoms with E-state index in [0.29, 0.717) is 0 Å². The van der Waals surface area contributed by atoms with Crippen molar-refractivity contribution in [1.82, 2.24) is 0 Å². The molecule has 2 rings (SSSR count). The molecule has 0 fully saturated rings. The Morgan fingerprint density at radius 1 is 1.00 bits per heavy atom. The Bertz CT molecular complexity index is 521. The van der Waals surface area contributed by atoms with Gasteiger partial charge in [0.1, 0.15) is 0 Å². The van der Waals surface area contributed by atoms with Crippen LogP contribution in [0.5, 0.6) is 0 Å². The lowest BCUT2D eigenvalue weighted by molar-refractivity contribution is 0.0697. The molecule has 80 valence electrons. The second-order valence-corrected chi connectivity index (χ2v) is 4.32. The fourth-order valence-electron chi connectivity index (χ4n) is 1.51. The van der Waals surface area contributed by atoms with Crippen molar-refractivity contribution in [2.45, 2.75) is 0 Å². The summed E-state index contributed by atoms with van der Waals surface area (Å²) in [6.45, 7) is 0. The van der Waals surface area contributed by atoms with Crippen LogP contribution in [0.15, 0.2) is 53.0 Å². The van der Waals surface area contributed by atoms with Crippen LogP contribution in [0, 0.1) is 0 Å². The fourth-order valence-corrected chi connectivity index (χ4v) is 2.00. The predicted octanol–water partition coefficient (Wildman–Crippen LogP) is 3.81. The normalized spacial score (nSPS) is 10.1. The van der Waals surface area contributed by atoms with Crippen molar-refractivity contribution < 1.29 is 9.90 Å². The van der Waals surface area contributed by atoms with Crippen molar-refractivity contribution in [1.29, 1.82) is 0 Å². The van der Waals surface area contributed by atoms with Crippen LogP contribution >= 0.6 is 15.9 Å². The fraction of sp³-hybridized carbons (Fsp3) is 0. The quantitative estimate of drug-likeness (QED) is 0.906. The van der Waals surface area contributed by atoms with Crippen molar-refractivity contribution in [3.8, 4) is 11.1 Å². The molecule has 3 heteroatoms. The van der Waals surface area contributed by atoms with Crippen LogP contribution in [0.3, 0.4) is 0 Å². The van der Waals surface area contributed by atoms with Crippen LogP contribution in [-0.2, 0) is 0 Å². The van der Waals surface area contributed by atoms with Crippen molar-refractivity contribution in [2.75, 3.05) is 0 Å². The molecule has 1 N–H and O–H groups in total. The number of hydrogen-bond donors (Lipinski definition) is 1. The molecule has 0 aliphatic heterocycles. The minimum Gasteiger partial charge on any atom is -0.478 e. The Hall–Kier alpha value is -1.61. The van der Waals surface area contributed by atoms with Gasteiger partial charge in [-0.3, -0.25) is 0 Å². The van der Waals surface area contributed by atoms with Crippen LogP contribution in [-0.4, -0.2) is 11.1 Å². The molecule has 0 aliphatic carbocycles. The highest BCUT2D eigenvalue weighted by Crippen LogP contribution is 2.24. The van der Waals surface area contributed by atoms with Crippen molar-refractivity contribution >= 4 is 21.9 Å². The third-order valence-electron chi connectivity index (χ3n) is 2.25. The molecule has 0 aromatic heterocycles. The smallest absolute Gasteiger partial charge is 0.335 e. The summed E-state index contributed by atoms with van der Waals surface area (Å²) in [5, 5.41) is 8.96. The minimum absolute atomic E-state index is 0.285. The third kappa shape index (κ3) is 2.31. The SMILES string of the molecule is O=C(O)c1cc(Br)cc(-c2ccccc2)c1. The van der Waals surface area contributed by atoms with Gasteiger partial charge in [-0.25, -0.2) is 4.79 Å². The maximum Gasteiger partial charge on any atom is 0.335 e. The highest BCUT2D eigenvalue weighted by Gasteiger charge is 2.06. The summed E-state index contributed by atoms with van der Waals surface area (Å²) in [5.41, 5.74) is 2.19. The van der Waals surface area contributed by atoms with Crippen molar-refractivity contribution in [3.05, 3.63) is 58.6 Å². The maximum absolute atomic E-state index is 10.9. The minimum atomic E-state index is -0.918. The predicted molar refractivity (Wildman–Crippen MR) is 66.5 cm³/mol. The average Bonchev–Trinajstić information content (AvgIpc) is 2.29. The van der Waals surface area contributed by atoms with Crippen LogP contribution in [0.4, 0.5) is 0 Å². The number of carboxylic acid groups (broad SMARTS) is 1. The van der Waals surface area contributed by atoms with Gasteiger partial charge in [0.2, 0.25) is 0 Å². The Labute approximate surface area is 102 Å². The average molecular weight is 277 g/mol. The number of rotatable bonds is 2. The monoisotopic (exact) mass is 276 g/mol. The van der Waals surface area contributed by atoms with Crippen molar-refractivity contribution in [2.24, 2.45) is 0 Å². The summed E-state index contributed by atoms with van der Waals surface area (Å²) >= 11 is 3.32. The van der Waals surface area contributed by atoms with E-state index in [1.54, 1.807) is 12.1 Å². The summed E-state index contributed by atoms with van der Waals surface area (Å²) in [7, 11) is 0.